The van der Waals surface area contributed by atoms with E-state index >= 15 is 0 Å². The number of ketones is 1. The first-order chi connectivity index (χ1) is 9.47. The third kappa shape index (κ3) is 3.57. The van der Waals surface area contributed by atoms with Gasteiger partial charge in [-0.25, -0.2) is 4.39 Å². The van der Waals surface area contributed by atoms with Crippen LogP contribution in [-0.2, 0) is 6.54 Å². The number of halogens is 1. The van der Waals surface area contributed by atoms with Gasteiger partial charge < -0.3 is 5.11 Å². The molecular formula is C16H22FNO2. The summed E-state index contributed by atoms with van der Waals surface area (Å²) in [5.74, 6) is -0.135. The monoisotopic (exact) mass is 279 g/mol. The van der Waals surface area contributed by atoms with Crippen LogP contribution < -0.4 is 0 Å². The van der Waals surface area contributed by atoms with E-state index in [1.165, 1.54) is 19.4 Å². The molecule has 1 aromatic carbocycles. The van der Waals surface area contributed by atoms with Gasteiger partial charge in [0.1, 0.15) is 11.6 Å². The number of phenols is 1. The highest BCUT2D eigenvalue weighted by molar-refractivity contribution is 5.97. The minimum Gasteiger partial charge on any atom is -0.507 e. The lowest BCUT2D eigenvalue weighted by atomic mass is 10.0. The lowest BCUT2D eigenvalue weighted by Crippen LogP contribution is -2.24. The Kier molecular flexibility index (Phi) is 4.76. The first-order valence-corrected chi connectivity index (χ1v) is 7.22. The van der Waals surface area contributed by atoms with E-state index in [1.807, 2.05) is 0 Å². The van der Waals surface area contributed by atoms with Crippen molar-refractivity contribution in [3.05, 3.63) is 29.1 Å². The van der Waals surface area contributed by atoms with Crippen LogP contribution in [0.3, 0.4) is 0 Å². The van der Waals surface area contributed by atoms with Crippen molar-refractivity contribution < 1.29 is 14.3 Å². The molecule has 3 nitrogen and oxygen atoms in total. The van der Waals surface area contributed by atoms with Crippen molar-refractivity contribution in [2.24, 2.45) is 5.92 Å². The van der Waals surface area contributed by atoms with Crippen molar-refractivity contribution in [1.82, 2.24) is 4.90 Å². The van der Waals surface area contributed by atoms with Crippen molar-refractivity contribution in [3.8, 4) is 5.75 Å². The van der Waals surface area contributed by atoms with E-state index in [0.29, 0.717) is 18.0 Å². The second-order valence-electron chi connectivity index (χ2n) is 5.83. The van der Waals surface area contributed by atoms with Gasteiger partial charge in [-0.3, -0.25) is 9.69 Å². The summed E-state index contributed by atoms with van der Waals surface area (Å²) >= 11 is 0. The number of hydrogen-bond donors (Lipinski definition) is 1. The summed E-state index contributed by atoms with van der Waals surface area (Å²) in [4.78, 5) is 13.6. The summed E-state index contributed by atoms with van der Waals surface area (Å²) in [6, 6.07) is 2.43. The van der Waals surface area contributed by atoms with Gasteiger partial charge in [-0.05, 0) is 57.3 Å². The fourth-order valence-electron chi connectivity index (χ4n) is 2.77. The molecule has 2 rings (SSSR count). The van der Waals surface area contributed by atoms with E-state index in [1.54, 1.807) is 0 Å². The number of aromatic hydroxyl groups is 1. The standard InChI is InChI=1S/C16H22FNO2/c1-11-4-3-6-18(7-5-11)10-13-8-14(17)9-15(12(2)19)16(13)20/h8-9,11,20H,3-7,10H2,1-2H3. The number of carbonyl (C=O) groups excluding carboxylic acids is 1. The van der Waals surface area contributed by atoms with Crippen molar-refractivity contribution >= 4 is 5.78 Å². The Balaban J connectivity index is 2.18. The average molecular weight is 279 g/mol. The molecule has 1 N–H and O–H groups in total. The van der Waals surface area contributed by atoms with Crippen LogP contribution in [0, 0.1) is 11.7 Å². The van der Waals surface area contributed by atoms with Gasteiger partial charge in [0.2, 0.25) is 0 Å². The van der Waals surface area contributed by atoms with E-state index in [4.69, 9.17) is 0 Å². The lowest BCUT2D eigenvalue weighted by Gasteiger charge is -2.21. The quantitative estimate of drug-likeness (QED) is 0.863. The largest absolute Gasteiger partial charge is 0.507 e. The first kappa shape index (κ1) is 15.0. The second kappa shape index (κ2) is 6.35. The zero-order valence-corrected chi connectivity index (χ0v) is 12.2. The van der Waals surface area contributed by atoms with Gasteiger partial charge in [-0.15, -0.1) is 0 Å². The minimum absolute atomic E-state index is 0.0724. The normalized spacial score (nSPS) is 20.6. The zero-order chi connectivity index (χ0) is 14.7. The fourth-order valence-corrected chi connectivity index (χ4v) is 2.77. The molecule has 0 spiro atoms. The number of Topliss-reactive ketones (excluding diaryl/α,β-unsaturated/α-hetero) is 1. The zero-order valence-electron chi connectivity index (χ0n) is 12.2. The van der Waals surface area contributed by atoms with E-state index in [0.717, 1.165) is 32.0 Å². The van der Waals surface area contributed by atoms with Crippen LogP contribution in [0.15, 0.2) is 12.1 Å². The van der Waals surface area contributed by atoms with Crippen LogP contribution in [0.2, 0.25) is 0 Å². The topological polar surface area (TPSA) is 40.5 Å². The Morgan fingerprint density at radius 1 is 1.40 bits per heavy atom. The van der Waals surface area contributed by atoms with Crippen LogP contribution in [-0.4, -0.2) is 28.9 Å². The highest BCUT2D eigenvalue weighted by Gasteiger charge is 2.18. The Morgan fingerprint density at radius 3 is 2.85 bits per heavy atom. The molecule has 0 aromatic heterocycles. The molecule has 0 aliphatic carbocycles. The van der Waals surface area contributed by atoms with Crippen molar-refractivity contribution in [1.29, 1.82) is 0 Å². The molecule has 1 saturated heterocycles. The van der Waals surface area contributed by atoms with Gasteiger partial charge >= 0.3 is 0 Å². The van der Waals surface area contributed by atoms with Crippen LogP contribution in [0.5, 0.6) is 5.75 Å². The Hall–Kier alpha value is -1.42. The lowest BCUT2D eigenvalue weighted by molar-refractivity contribution is 0.101. The van der Waals surface area contributed by atoms with Gasteiger partial charge in [0.15, 0.2) is 5.78 Å². The summed E-state index contributed by atoms with van der Waals surface area (Å²) in [7, 11) is 0. The van der Waals surface area contributed by atoms with Crippen LogP contribution in [0.4, 0.5) is 4.39 Å². The molecule has 0 amide bonds. The third-order valence-electron chi connectivity index (χ3n) is 4.04. The summed E-state index contributed by atoms with van der Waals surface area (Å²) < 4.78 is 13.6. The number of nitrogens with zero attached hydrogens (tertiary/aromatic N) is 1. The van der Waals surface area contributed by atoms with Crippen LogP contribution in [0.1, 0.15) is 49.0 Å². The number of benzene rings is 1. The van der Waals surface area contributed by atoms with E-state index in [2.05, 4.69) is 11.8 Å². The minimum atomic E-state index is -0.466. The maximum absolute atomic E-state index is 13.6. The van der Waals surface area contributed by atoms with Gasteiger partial charge in [-0.1, -0.05) is 6.92 Å². The maximum Gasteiger partial charge on any atom is 0.163 e. The summed E-state index contributed by atoms with van der Waals surface area (Å²) in [5, 5.41) is 10.1. The molecule has 1 aliphatic heterocycles. The first-order valence-electron chi connectivity index (χ1n) is 7.22. The number of rotatable bonds is 3. The van der Waals surface area contributed by atoms with Crippen molar-refractivity contribution in [3.63, 3.8) is 0 Å². The molecule has 0 radical (unpaired) electrons. The molecule has 1 atom stereocenters. The molecular weight excluding hydrogens is 257 g/mol. The van der Waals surface area contributed by atoms with Crippen LogP contribution in [0.25, 0.3) is 0 Å². The van der Waals surface area contributed by atoms with Crippen molar-refractivity contribution in [2.75, 3.05) is 13.1 Å². The molecule has 1 aromatic rings. The van der Waals surface area contributed by atoms with Gasteiger partial charge in [0.25, 0.3) is 0 Å². The highest BCUT2D eigenvalue weighted by Crippen LogP contribution is 2.27. The van der Waals surface area contributed by atoms with E-state index < -0.39 is 5.82 Å². The summed E-state index contributed by atoms with van der Waals surface area (Å²) in [6.07, 6.45) is 3.46. The second-order valence-corrected chi connectivity index (χ2v) is 5.83. The number of phenolic OH excluding ortho intramolecular Hbond substituents is 1. The maximum atomic E-state index is 13.6. The number of likely N-dealkylation sites (tertiary alicyclic amines) is 1. The van der Waals surface area contributed by atoms with Gasteiger partial charge in [0, 0.05) is 12.1 Å². The van der Waals surface area contributed by atoms with E-state index in [-0.39, 0.29) is 17.1 Å². The molecule has 0 saturated carbocycles. The predicted octanol–water partition coefficient (Wildman–Crippen LogP) is 3.36. The molecule has 1 unspecified atom stereocenters. The van der Waals surface area contributed by atoms with Gasteiger partial charge in [0.05, 0.1) is 5.56 Å². The number of carbonyl (C=O) groups is 1. The molecule has 1 aliphatic rings. The Morgan fingerprint density at radius 2 is 2.15 bits per heavy atom. The molecule has 1 heterocycles. The smallest absolute Gasteiger partial charge is 0.163 e. The van der Waals surface area contributed by atoms with Crippen LogP contribution >= 0.6 is 0 Å². The van der Waals surface area contributed by atoms with E-state index in [9.17, 15) is 14.3 Å². The molecule has 0 bridgehead atoms. The predicted molar refractivity (Wildman–Crippen MR) is 76.4 cm³/mol. The Labute approximate surface area is 119 Å². The molecule has 20 heavy (non-hydrogen) atoms. The Bertz CT molecular complexity index is 501. The molecule has 1 fully saturated rings. The fraction of sp³-hybridized carbons (Fsp3) is 0.562. The van der Waals surface area contributed by atoms with Gasteiger partial charge in [-0.2, -0.15) is 0 Å². The van der Waals surface area contributed by atoms with Crippen molar-refractivity contribution in [2.45, 2.75) is 39.7 Å². The average Bonchev–Trinajstić information content (AvgIpc) is 2.58. The third-order valence-corrected chi connectivity index (χ3v) is 4.04. The number of hydrogen-bond acceptors (Lipinski definition) is 3. The highest BCUT2D eigenvalue weighted by atomic mass is 19.1. The summed E-state index contributed by atoms with van der Waals surface area (Å²) in [5.41, 5.74) is 0.577. The molecule has 110 valence electrons. The summed E-state index contributed by atoms with van der Waals surface area (Å²) in [6.45, 7) is 5.99. The molecule has 4 heteroatoms. The SMILES string of the molecule is CC(=O)c1cc(F)cc(CN2CCCC(C)CC2)c1O.